The Hall–Kier alpha value is -1.45. The van der Waals surface area contributed by atoms with Crippen molar-refractivity contribution < 1.29 is 8.78 Å². The number of hydrogen-bond acceptors (Lipinski definition) is 1. The normalized spacial score (nSPS) is 12.5. The zero-order chi connectivity index (χ0) is 13.3. The SMILES string of the molecule is Cc1cccc(C(N)c2cc(F)c(Cl)cc2F)c1. The van der Waals surface area contributed by atoms with Crippen molar-refractivity contribution in [2.45, 2.75) is 13.0 Å². The maximum atomic E-state index is 13.7. The van der Waals surface area contributed by atoms with Crippen LogP contribution in [0.1, 0.15) is 22.7 Å². The van der Waals surface area contributed by atoms with E-state index in [0.29, 0.717) is 0 Å². The second kappa shape index (κ2) is 5.04. The first kappa shape index (κ1) is 13.0. The summed E-state index contributed by atoms with van der Waals surface area (Å²) in [7, 11) is 0. The molecule has 0 saturated heterocycles. The molecule has 2 aromatic carbocycles. The van der Waals surface area contributed by atoms with Crippen molar-refractivity contribution in [2.24, 2.45) is 5.73 Å². The molecule has 1 atom stereocenters. The third-order valence-corrected chi connectivity index (χ3v) is 3.07. The molecular formula is C14H12ClF2N. The van der Waals surface area contributed by atoms with Gasteiger partial charge in [0.05, 0.1) is 11.1 Å². The standard InChI is InChI=1S/C14H12ClF2N/c1-8-3-2-4-9(5-8)14(18)10-6-13(17)11(15)7-12(10)16/h2-7,14H,18H2,1H3. The lowest BCUT2D eigenvalue weighted by Crippen LogP contribution is -2.14. The lowest BCUT2D eigenvalue weighted by atomic mass is 9.98. The Kier molecular flexibility index (Phi) is 3.64. The summed E-state index contributed by atoms with van der Waals surface area (Å²) in [4.78, 5) is 0. The molecule has 0 radical (unpaired) electrons. The van der Waals surface area contributed by atoms with E-state index in [1.807, 2.05) is 25.1 Å². The Labute approximate surface area is 109 Å². The van der Waals surface area contributed by atoms with E-state index in [9.17, 15) is 8.78 Å². The van der Waals surface area contributed by atoms with Gasteiger partial charge in [-0.15, -0.1) is 0 Å². The smallest absolute Gasteiger partial charge is 0.142 e. The summed E-state index contributed by atoms with van der Waals surface area (Å²) >= 11 is 5.51. The fourth-order valence-electron chi connectivity index (χ4n) is 1.82. The lowest BCUT2D eigenvalue weighted by Gasteiger charge is -2.14. The van der Waals surface area contributed by atoms with Gasteiger partial charge < -0.3 is 5.73 Å². The minimum absolute atomic E-state index is 0.0995. The predicted molar refractivity (Wildman–Crippen MR) is 68.6 cm³/mol. The molecule has 0 amide bonds. The van der Waals surface area contributed by atoms with Crippen LogP contribution in [-0.4, -0.2) is 0 Å². The van der Waals surface area contributed by atoms with Crippen molar-refractivity contribution >= 4 is 11.6 Å². The van der Waals surface area contributed by atoms with Gasteiger partial charge in [0.25, 0.3) is 0 Å². The highest BCUT2D eigenvalue weighted by atomic mass is 35.5. The van der Waals surface area contributed by atoms with Gasteiger partial charge in [0.15, 0.2) is 0 Å². The average Bonchev–Trinajstić information content (AvgIpc) is 2.33. The molecule has 0 fully saturated rings. The Morgan fingerprint density at radius 3 is 2.50 bits per heavy atom. The highest BCUT2D eigenvalue weighted by Crippen LogP contribution is 2.27. The summed E-state index contributed by atoms with van der Waals surface area (Å²) in [5.74, 6) is -1.27. The van der Waals surface area contributed by atoms with Gasteiger partial charge in [-0.05, 0) is 24.6 Å². The molecule has 0 aromatic heterocycles. The van der Waals surface area contributed by atoms with Crippen molar-refractivity contribution in [3.05, 3.63) is 69.7 Å². The molecule has 4 heteroatoms. The number of halogens is 3. The van der Waals surface area contributed by atoms with Crippen LogP contribution in [0.4, 0.5) is 8.78 Å². The Balaban J connectivity index is 2.46. The van der Waals surface area contributed by atoms with E-state index in [4.69, 9.17) is 17.3 Å². The molecule has 0 spiro atoms. The summed E-state index contributed by atoms with van der Waals surface area (Å²) in [5, 5.41) is -0.243. The van der Waals surface area contributed by atoms with Crippen LogP contribution in [0.5, 0.6) is 0 Å². The van der Waals surface area contributed by atoms with Crippen LogP contribution in [0.25, 0.3) is 0 Å². The molecule has 0 aliphatic carbocycles. The number of aryl methyl sites for hydroxylation is 1. The van der Waals surface area contributed by atoms with Gasteiger partial charge in [-0.25, -0.2) is 8.78 Å². The third-order valence-electron chi connectivity index (χ3n) is 2.78. The third kappa shape index (κ3) is 2.52. The van der Waals surface area contributed by atoms with Crippen molar-refractivity contribution in [2.75, 3.05) is 0 Å². The minimum atomic E-state index is -0.711. The Morgan fingerprint density at radius 2 is 1.83 bits per heavy atom. The topological polar surface area (TPSA) is 26.0 Å². The van der Waals surface area contributed by atoms with Gasteiger partial charge in [0, 0.05) is 5.56 Å². The van der Waals surface area contributed by atoms with E-state index in [0.717, 1.165) is 23.3 Å². The first-order chi connectivity index (χ1) is 8.49. The molecule has 2 N–H and O–H groups in total. The molecule has 2 aromatic rings. The van der Waals surface area contributed by atoms with E-state index in [1.54, 1.807) is 6.07 Å². The van der Waals surface area contributed by atoms with Crippen LogP contribution in [-0.2, 0) is 0 Å². The highest BCUT2D eigenvalue weighted by Gasteiger charge is 2.16. The average molecular weight is 268 g/mol. The first-order valence-corrected chi connectivity index (χ1v) is 5.83. The predicted octanol–water partition coefficient (Wildman–Crippen LogP) is 3.97. The van der Waals surface area contributed by atoms with Gasteiger partial charge in [-0.1, -0.05) is 41.4 Å². The molecule has 0 bridgehead atoms. The van der Waals surface area contributed by atoms with E-state index in [1.165, 1.54) is 0 Å². The van der Waals surface area contributed by atoms with E-state index in [2.05, 4.69) is 0 Å². The summed E-state index contributed by atoms with van der Waals surface area (Å²) in [5.41, 5.74) is 7.80. The second-order valence-corrected chi connectivity index (χ2v) is 4.59. The molecule has 0 aliphatic heterocycles. The van der Waals surface area contributed by atoms with Gasteiger partial charge in [-0.3, -0.25) is 0 Å². The highest BCUT2D eigenvalue weighted by molar-refractivity contribution is 6.30. The van der Waals surface area contributed by atoms with Gasteiger partial charge >= 0.3 is 0 Å². The van der Waals surface area contributed by atoms with Crippen LogP contribution in [0.15, 0.2) is 36.4 Å². The number of nitrogens with two attached hydrogens (primary N) is 1. The van der Waals surface area contributed by atoms with Gasteiger partial charge in [0.2, 0.25) is 0 Å². The summed E-state index contributed by atoms with van der Waals surface area (Å²) in [6.07, 6.45) is 0. The Morgan fingerprint density at radius 1 is 1.11 bits per heavy atom. The largest absolute Gasteiger partial charge is 0.320 e. The lowest BCUT2D eigenvalue weighted by molar-refractivity contribution is 0.577. The van der Waals surface area contributed by atoms with Crippen LogP contribution in [0.2, 0.25) is 5.02 Å². The van der Waals surface area contributed by atoms with Crippen molar-refractivity contribution in [3.63, 3.8) is 0 Å². The van der Waals surface area contributed by atoms with Crippen LogP contribution in [0.3, 0.4) is 0 Å². The van der Waals surface area contributed by atoms with Gasteiger partial charge in [0.1, 0.15) is 11.6 Å². The molecule has 94 valence electrons. The summed E-state index contributed by atoms with van der Waals surface area (Å²) in [6, 6.07) is 8.65. The fourth-order valence-corrected chi connectivity index (χ4v) is 1.97. The molecule has 1 nitrogen and oxygen atoms in total. The first-order valence-electron chi connectivity index (χ1n) is 5.45. The molecule has 0 aliphatic rings. The van der Waals surface area contributed by atoms with Crippen molar-refractivity contribution in [3.8, 4) is 0 Å². The van der Waals surface area contributed by atoms with Crippen LogP contribution in [0, 0.1) is 18.6 Å². The summed E-state index contributed by atoms with van der Waals surface area (Å²) < 4.78 is 27.1. The molecular weight excluding hydrogens is 256 g/mol. The van der Waals surface area contributed by atoms with Crippen LogP contribution >= 0.6 is 11.6 Å². The maximum absolute atomic E-state index is 13.7. The molecule has 2 rings (SSSR count). The quantitative estimate of drug-likeness (QED) is 0.819. The van der Waals surface area contributed by atoms with E-state index < -0.39 is 17.7 Å². The minimum Gasteiger partial charge on any atom is -0.320 e. The van der Waals surface area contributed by atoms with Crippen molar-refractivity contribution in [1.82, 2.24) is 0 Å². The Bertz CT molecular complexity index is 584. The number of benzene rings is 2. The fraction of sp³-hybridized carbons (Fsp3) is 0.143. The monoisotopic (exact) mass is 267 g/mol. The molecule has 0 saturated carbocycles. The molecule has 0 heterocycles. The number of rotatable bonds is 2. The van der Waals surface area contributed by atoms with E-state index >= 15 is 0 Å². The van der Waals surface area contributed by atoms with Gasteiger partial charge in [-0.2, -0.15) is 0 Å². The molecule has 1 unspecified atom stereocenters. The number of hydrogen-bond donors (Lipinski definition) is 1. The summed E-state index contributed by atoms with van der Waals surface area (Å²) in [6.45, 7) is 1.91. The second-order valence-electron chi connectivity index (χ2n) is 4.18. The van der Waals surface area contributed by atoms with E-state index in [-0.39, 0.29) is 10.6 Å². The zero-order valence-electron chi connectivity index (χ0n) is 9.75. The van der Waals surface area contributed by atoms with Crippen molar-refractivity contribution in [1.29, 1.82) is 0 Å². The maximum Gasteiger partial charge on any atom is 0.142 e. The zero-order valence-corrected chi connectivity index (χ0v) is 10.5. The molecule has 18 heavy (non-hydrogen) atoms. The van der Waals surface area contributed by atoms with Crippen LogP contribution < -0.4 is 5.73 Å².